The second-order valence-electron chi connectivity index (χ2n) is 3.86. The van der Waals surface area contributed by atoms with Crippen LogP contribution in [0.1, 0.15) is 23.5 Å². The van der Waals surface area contributed by atoms with Crippen LogP contribution in [0.15, 0.2) is 5.38 Å². The maximum atomic E-state index is 10.3. The molecule has 3 nitrogen and oxygen atoms in total. The van der Waals surface area contributed by atoms with Gasteiger partial charge in [-0.25, -0.2) is 4.98 Å². The van der Waals surface area contributed by atoms with E-state index in [-0.39, 0.29) is 0 Å². The predicted octanol–water partition coefficient (Wildman–Crippen LogP) is 1.85. The molecule has 82 valence electrons. The van der Waals surface area contributed by atoms with Gasteiger partial charge in [-0.2, -0.15) is 0 Å². The Labute approximate surface area is 93.5 Å². The van der Waals surface area contributed by atoms with Crippen LogP contribution in [0, 0.1) is 5.92 Å². The van der Waals surface area contributed by atoms with E-state index in [2.05, 4.69) is 4.98 Å². The van der Waals surface area contributed by atoms with E-state index in [0.29, 0.717) is 12.3 Å². The van der Waals surface area contributed by atoms with Crippen LogP contribution in [0.4, 0.5) is 0 Å². The second-order valence-corrected chi connectivity index (χ2v) is 4.81. The van der Waals surface area contributed by atoms with E-state index >= 15 is 0 Å². The van der Waals surface area contributed by atoms with Gasteiger partial charge in [0, 0.05) is 31.4 Å². The Hall–Kier alpha value is -0.740. The van der Waals surface area contributed by atoms with E-state index in [0.717, 1.165) is 44.5 Å². The first-order valence-corrected chi connectivity index (χ1v) is 6.21. The maximum absolute atomic E-state index is 10.3. The summed E-state index contributed by atoms with van der Waals surface area (Å²) in [7, 11) is 0. The molecular formula is C11H15NO2S. The molecule has 0 aromatic carbocycles. The summed E-state index contributed by atoms with van der Waals surface area (Å²) in [6, 6.07) is 0. The first-order chi connectivity index (χ1) is 7.38. The molecule has 0 saturated carbocycles. The zero-order chi connectivity index (χ0) is 10.5. The molecule has 0 unspecified atom stereocenters. The molecule has 1 fully saturated rings. The minimum Gasteiger partial charge on any atom is -0.381 e. The van der Waals surface area contributed by atoms with Crippen LogP contribution >= 0.6 is 11.3 Å². The SMILES string of the molecule is O=CCc1csc(CC2CCOCC2)n1. The Morgan fingerprint density at radius 2 is 2.33 bits per heavy atom. The molecule has 1 aliphatic rings. The largest absolute Gasteiger partial charge is 0.381 e. The molecule has 0 radical (unpaired) electrons. The maximum Gasteiger partial charge on any atom is 0.125 e. The standard InChI is InChI=1S/C11H15NO2S/c13-4-1-10-8-15-11(12-10)7-9-2-5-14-6-3-9/h4,8-9H,1-3,5-7H2. The Morgan fingerprint density at radius 1 is 1.53 bits per heavy atom. The molecule has 1 aliphatic heterocycles. The molecule has 0 aliphatic carbocycles. The smallest absolute Gasteiger partial charge is 0.125 e. The van der Waals surface area contributed by atoms with E-state index in [1.165, 1.54) is 5.01 Å². The summed E-state index contributed by atoms with van der Waals surface area (Å²) in [5.41, 5.74) is 0.914. The number of aldehydes is 1. The van der Waals surface area contributed by atoms with Crippen LogP contribution in [-0.2, 0) is 22.4 Å². The van der Waals surface area contributed by atoms with Gasteiger partial charge in [0.05, 0.1) is 10.7 Å². The molecule has 2 heterocycles. The molecule has 15 heavy (non-hydrogen) atoms. The third-order valence-corrected chi connectivity index (χ3v) is 3.62. The summed E-state index contributed by atoms with van der Waals surface area (Å²) in [4.78, 5) is 14.8. The molecule has 0 amide bonds. The van der Waals surface area contributed by atoms with Crippen molar-refractivity contribution in [2.75, 3.05) is 13.2 Å². The summed E-state index contributed by atoms with van der Waals surface area (Å²) >= 11 is 1.67. The van der Waals surface area contributed by atoms with Crippen molar-refractivity contribution in [2.45, 2.75) is 25.7 Å². The highest BCUT2D eigenvalue weighted by Crippen LogP contribution is 2.22. The monoisotopic (exact) mass is 225 g/mol. The van der Waals surface area contributed by atoms with Gasteiger partial charge in [-0.1, -0.05) is 0 Å². The Bertz CT molecular complexity index is 318. The van der Waals surface area contributed by atoms with Crippen LogP contribution in [0.2, 0.25) is 0 Å². The average Bonchev–Trinajstić information content (AvgIpc) is 2.68. The van der Waals surface area contributed by atoms with Gasteiger partial charge in [-0.05, 0) is 18.8 Å². The summed E-state index contributed by atoms with van der Waals surface area (Å²) in [6.45, 7) is 1.77. The number of carbonyl (C=O) groups is 1. The third-order valence-electron chi connectivity index (χ3n) is 2.70. The Morgan fingerprint density at radius 3 is 3.07 bits per heavy atom. The van der Waals surface area contributed by atoms with E-state index in [1.54, 1.807) is 11.3 Å². The molecular weight excluding hydrogens is 210 g/mol. The van der Waals surface area contributed by atoms with E-state index < -0.39 is 0 Å². The molecule has 0 bridgehead atoms. The number of carbonyl (C=O) groups excluding carboxylic acids is 1. The lowest BCUT2D eigenvalue weighted by Crippen LogP contribution is -2.17. The first kappa shape index (κ1) is 10.8. The fourth-order valence-electron chi connectivity index (χ4n) is 1.82. The number of aromatic nitrogens is 1. The van der Waals surface area contributed by atoms with Gasteiger partial charge in [0.15, 0.2) is 0 Å². The second kappa shape index (κ2) is 5.37. The number of thiazole rings is 1. The van der Waals surface area contributed by atoms with Crippen molar-refractivity contribution in [1.29, 1.82) is 0 Å². The van der Waals surface area contributed by atoms with Gasteiger partial charge in [0.25, 0.3) is 0 Å². The van der Waals surface area contributed by atoms with Crippen molar-refractivity contribution in [1.82, 2.24) is 4.98 Å². The Balaban J connectivity index is 1.88. The van der Waals surface area contributed by atoms with Crippen molar-refractivity contribution in [2.24, 2.45) is 5.92 Å². The number of rotatable bonds is 4. The lowest BCUT2D eigenvalue weighted by molar-refractivity contribution is -0.107. The van der Waals surface area contributed by atoms with Crippen molar-refractivity contribution in [3.8, 4) is 0 Å². The molecule has 1 aromatic rings. The van der Waals surface area contributed by atoms with E-state index in [4.69, 9.17) is 4.74 Å². The quantitative estimate of drug-likeness (QED) is 0.734. The first-order valence-electron chi connectivity index (χ1n) is 5.33. The number of hydrogen-bond donors (Lipinski definition) is 0. The summed E-state index contributed by atoms with van der Waals surface area (Å²) in [6.07, 6.45) is 4.69. The van der Waals surface area contributed by atoms with Crippen LogP contribution in [0.25, 0.3) is 0 Å². The average molecular weight is 225 g/mol. The lowest BCUT2D eigenvalue weighted by Gasteiger charge is -2.20. The van der Waals surface area contributed by atoms with Crippen molar-refractivity contribution >= 4 is 17.6 Å². The predicted molar refractivity (Wildman–Crippen MR) is 59.1 cm³/mol. The third kappa shape index (κ3) is 3.11. The number of nitrogens with zero attached hydrogens (tertiary/aromatic N) is 1. The number of ether oxygens (including phenoxy) is 1. The summed E-state index contributed by atoms with van der Waals surface area (Å²) in [5.74, 6) is 0.717. The fraction of sp³-hybridized carbons (Fsp3) is 0.636. The molecule has 0 N–H and O–H groups in total. The molecule has 0 atom stereocenters. The topological polar surface area (TPSA) is 39.2 Å². The van der Waals surface area contributed by atoms with E-state index in [9.17, 15) is 4.79 Å². The highest BCUT2D eigenvalue weighted by molar-refractivity contribution is 7.09. The molecule has 4 heteroatoms. The molecule has 1 saturated heterocycles. The highest BCUT2D eigenvalue weighted by Gasteiger charge is 2.15. The van der Waals surface area contributed by atoms with Gasteiger partial charge in [-0.3, -0.25) is 0 Å². The molecule has 1 aromatic heterocycles. The Kier molecular flexibility index (Phi) is 3.86. The zero-order valence-electron chi connectivity index (χ0n) is 8.65. The normalized spacial score (nSPS) is 17.9. The number of hydrogen-bond acceptors (Lipinski definition) is 4. The minimum absolute atomic E-state index is 0.449. The van der Waals surface area contributed by atoms with Gasteiger partial charge < -0.3 is 9.53 Å². The van der Waals surface area contributed by atoms with Crippen molar-refractivity contribution in [3.05, 3.63) is 16.1 Å². The zero-order valence-corrected chi connectivity index (χ0v) is 9.46. The van der Waals surface area contributed by atoms with Crippen LogP contribution in [0.3, 0.4) is 0 Å². The van der Waals surface area contributed by atoms with Crippen molar-refractivity contribution in [3.63, 3.8) is 0 Å². The van der Waals surface area contributed by atoms with Crippen molar-refractivity contribution < 1.29 is 9.53 Å². The minimum atomic E-state index is 0.449. The fourth-order valence-corrected chi connectivity index (χ4v) is 2.74. The van der Waals surface area contributed by atoms with Crippen LogP contribution in [0.5, 0.6) is 0 Å². The highest BCUT2D eigenvalue weighted by atomic mass is 32.1. The molecule has 2 rings (SSSR count). The summed E-state index contributed by atoms with van der Waals surface area (Å²) < 4.78 is 5.32. The van der Waals surface area contributed by atoms with Crippen LogP contribution in [-0.4, -0.2) is 24.5 Å². The van der Waals surface area contributed by atoms with E-state index in [1.807, 2.05) is 5.38 Å². The van der Waals surface area contributed by atoms with Gasteiger partial charge in [0.2, 0.25) is 0 Å². The van der Waals surface area contributed by atoms with Gasteiger partial charge in [0.1, 0.15) is 6.29 Å². The molecule has 0 spiro atoms. The van der Waals surface area contributed by atoms with Gasteiger partial charge >= 0.3 is 0 Å². The van der Waals surface area contributed by atoms with Gasteiger partial charge in [-0.15, -0.1) is 11.3 Å². The lowest BCUT2D eigenvalue weighted by atomic mass is 9.97. The van der Waals surface area contributed by atoms with Crippen LogP contribution < -0.4 is 0 Å². The summed E-state index contributed by atoms with van der Waals surface area (Å²) in [5, 5.41) is 3.15.